The zero-order chi connectivity index (χ0) is 35.3. The van der Waals surface area contributed by atoms with Crippen LogP contribution in [-0.2, 0) is 5.41 Å². The van der Waals surface area contributed by atoms with E-state index in [1.165, 1.54) is 27.6 Å². The largest absolute Gasteiger partial charge is 0.456 e. The Hall–Kier alpha value is -6.92. The van der Waals surface area contributed by atoms with Crippen molar-refractivity contribution in [3.63, 3.8) is 0 Å². The molecule has 10 aromatic rings. The Bertz CT molecular complexity index is 3050. The first-order chi connectivity index (χ1) is 26.0. The fraction of sp³-hybridized carbons (Fsp3) is 0.0638. The van der Waals surface area contributed by atoms with E-state index in [4.69, 9.17) is 24.4 Å². The van der Waals surface area contributed by atoms with Crippen molar-refractivity contribution in [2.75, 3.05) is 0 Å². The lowest BCUT2D eigenvalue weighted by Gasteiger charge is -2.21. The number of hydrogen-bond acceptors (Lipinski definition) is 5. The Balaban J connectivity index is 1.08. The predicted molar refractivity (Wildman–Crippen MR) is 213 cm³/mol. The molecule has 4 heterocycles. The fourth-order valence-electron chi connectivity index (χ4n) is 8.38. The quantitative estimate of drug-likeness (QED) is 0.185. The standard InChI is InChI=1S/C47H31N5O/c1-47(2)37-18-8-6-15-34(37)42-35(16-10-19-38(42)47)45-50-43(28-12-4-3-5-13-28)49-44(51-45)29-21-24-40-36(26-29)32-23-22-30(27-41(32)53-40)52-39-20-9-7-14-31(39)33-17-11-25-48-46(33)52/h3-27H,1-2H3. The number of pyridine rings is 1. The Morgan fingerprint density at radius 3 is 2.15 bits per heavy atom. The van der Waals surface area contributed by atoms with Crippen molar-refractivity contribution in [1.29, 1.82) is 0 Å². The van der Waals surface area contributed by atoms with Crippen LogP contribution in [0.5, 0.6) is 0 Å². The van der Waals surface area contributed by atoms with Crippen LogP contribution in [0.4, 0.5) is 0 Å². The molecule has 0 spiro atoms. The summed E-state index contributed by atoms with van der Waals surface area (Å²) in [4.78, 5) is 20.2. The van der Waals surface area contributed by atoms with Crippen LogP contribution < -0.4 is 0 Å². The highest BCUT2D eigenvalue weighted by molar-refractivity contribution is 6.09. The third kappa shape index (κ3) is 4.39. The lowest BCUT2D eigenvalue weighted by Crippen LogP contribution is -2.14. The van der Waals surface area contributed by atoms with Crippen LogP contribution in [0.3, 0.4) is 0 Å². The minimum absolute atomic E-state index is 0.134. The maximum atomic E-state index is 6.51. The van der Waals surface area contributed by atoms with Crippen molar-refractivity contribution in [2.45, 2.75) is 19.3 Å². The fourth-order valence-corrected chi connectivity index (χ4v) is 8.38. The van der Waals surface area contributed by atoms with E-state index in [9.17, 15) is 0 Å². The summed E-state index contributed by atoms with van der Waals surface area (Å²) in [5.74, 6) is 1.90. The van der Waals surface area contributed by atoms with Crippen LogP contribution in [-0.4, -0.2) is 24.5 Å². The first-order valence-electron chi connectivity index (χ1n) is 17.9. The van der Waals surface area contributed by atoms with Gasteiger partial charge in [0.25, 0.3) is 0 Å². The van der Waals surface area contributed by atoms with E-state index >= 15 is 0 Å². The second-order valence-corrected chi connectivity index (χ2v) is 14.3. The molecule has 1 aliphatic rings. The molecule has 0 radical (unpaired) electrons. The van der Waals surface area contributed by atoms with Crippen molar-refractivity contribution in [3.8, 4) is 51.0 Å². The normalized spacial score (nSPS) is 13.2. The Morgan fingerprint density at radius 1 is 0.509 bits per heavy atom. The zero-order valence-corrected chi connectivity index (χ0v) is 29.1. The number of fused-ring (bicyclic) bond motifs is 9. The highest BCUT2D eigenvalue weighted by Gasteiger charge is 2.37. The molecule has 0 aliphatic heterocycles. The summed E-state index contributed by atoms with van der Waals surface area (Å²) >= 11 is 0. The molecule has 6 heteroatoms. The van der Waals surface area contributed by atoms with E-state index < -0.39 is 0 Å². The van der Waals surface area contributed by atoms with Crippen LogP contribution in [0.25, 0.3) is 94.9 Å². The number of rotatable bonds is 4. The first kappa shape index (κ1) is 29.8. The third-order valence-corrected chi connectivity index (χ3v) is 10.9. The average molecular weight is 682 g/mol. The second-order valence-electron chi connectivity index (χ2n) is 14.3. The molecule has 0 saturated carbocycles. The molecule has 11 rings (SSSR count). The molecule has 6 nitrogen and oxygen atoms in total. The number of furan rings is 1. The van der Waals surface area contributed by atoms with Crippen molar-refractivity contribution in [2.24, 2.45) is 0 Å². The predicted octanol–water partition coefficient (Wildman–Crippen LogP) is 11.6. The van der Waals surface area contributed by atoms with E-state index in [1.54, 1.807) is 0 Å². The van der Waals surface area contributed by atoms with Crippen molar-refractivity contribution in [1.82, 2.24) is 24.5 Å². The minimum Gasteiger partial charge on any atom is -0.456 e. The van der Waals surface area contributed by atoms with Gasteiger partial charge in [0, 0.05) is 55.9 Å². The molecule has 250 valence electrons. The van der Waals surface area contributed by atoms with Gasteiger partial charge >= 0.3 is 0 Å². The smallest absolute Gasteiger partial charge is 0.164 e. The van der Waals surface area contributed by atoms with Crippen molar-refractivity contribution >= 4 is 43.9 Å². The maximum Gasteiger partial charge on any atom is 0.164 e. The van der Waals surface area contributed by atoms with E-state index in [2.05, 4.69) is 115 Å². The SMILES string of the molecule is CC1(C)c2ccccc2-c2c(-c3nc(-c4ccccc4)nc(-c4ccc5oc6cc(-n7c8ccccc8c8cccnc87)ccc6c5c4)n3)cccc21. The summed E-state index contributed by atoms with van der Waals surface area (Å²) in [6.07, 6.45) is 1.85. The summed E-state index contributed by atoms with van der Waals surface area (Å²) < 4.78 is 8.72. The summed E-state index contributed by atoms with van der Waals surface area (Å²) in [6, 6.07) is 50.5. The van der Waals surface area contributed by atoms with E-state index in [0.29, 0.717) is 17.5 Å². The molecular weight excluding hydrogens is 651 g/mol. The molecule has 0 amide bonds. The summed E-state index contributed by atoms with van der Waals surface area (Å²) in [6.45, 7) is 4.59. The number of nitrogens with zero attached hydrogens (tertiary/aromatic N) is 5. The molecule has 0 N–H and O–H groups in total. The maximum absolute atomic E-state index is 6.51. The summed E-state index contributed by atoms with van der Waals surface area (Å²) in [7, 11) is 0. The van der Waals surface area contributed by atoms with Gasteiger partial charge in [0.15, 0.2) is 17.5 Å². The summed E-state index contributed by atoms with van der Waals surface area (Å²) in [5, 5.41) is 4.32. The molecule has 0 fully saturated rings. The Labute approximate surface area is 305 Å². The van der Waals surface area contributed by atoms with Gasteiger partial charge in [-0.25, -0.2) is 19.9 Å². The molecule has 0 saturated heterocycles. The molecule has 53 heavy (non-hydrogen) atoms. The minimum atomic E-state index is -0.134. The summed E-state index contributed by atoms with van der Waals surface area (Å²) in [5.41, 5.74) is 12.3. The van der Waals surface area contributed by atoms with Crippen LogP contribution in [0.15, 0.2) is 156 Å². The van der Waals surface area contributed by atoms with Gasteiger partial charge < -0.3 is 4.42 Å². The molecule has 0 bridgehead atoms. The van der Waals surface area contributed by atoms with E-state index in [1.807, 2.05) is 54.7 Å². The van der Waals surface area contributed by atoms with Crippen LogP contribution in [0, 0.1) is 0 Å². The Morgan fingerprint density at radius 2 is 1.25 bits per heavy atom. The Kier molecular flexibility index (Phi) is 6.20. The van der Waals surface area contributed by atoms with Gasteiger partial charge in [0.05, 0.1) is 11.2 Å². The van der Waals surface area contributed by atoms with Gasteiger partial charge in [-0.05, 0) is 70.8 Å². The van der Waals surface area contributed by atoms with Crippen LogP contribution >= 0.6 is 0 Å². The average Bonchev–Trinajstić information content (AvgIpc) is 3.83. The number of hydrogen-bond donors (Lipinski definition) is 0. The monoisotopic (exact) mass is 681 g/mol. The molecule has 6 aromatic carbocycles. The second kappa shape index (κ2) is 11.0. The van der Waals surface area contributed by atoms with Crippen LogP contribution in [0.1, 0.15) is 25.0 Å². The van der Waals surface area contributed by atoms with Crippen molar-refractivity contribution < 1.29 is 4.42 Å². The lowest BCUT2D eigenvalue weighted by molar-refractivity contribution is 0.660. The third-order valence-electron chi connectivity index (χ3n) is 10.9. The molecule has 1 aliphatic carbocycles. The highest BCUT2D eigenvalue weighted by Crippen LogP contribution is 2.51. The number of aromatic nitrogens is 5. The van der Waals surface area contributed by atoms with Gasteiger partial charge in [-0.2, -0.15) is 0 Å². The van der Waals surface area contributed by atoms with Gasteiger partial charge in [-0.3, -0.25) is 4.57 Å². The van der Waals surface area contributed by atoms with Gasteiger partial charge in [0.1, 0.15) is 16.8 Å². The number of benzene rings is 6. The van der Waals surface area contributed by atoms with E-state index in [-0.39, 0.29) is 5.41 Å². The molecule has 0 atom stereocenters. The van der Waals surface area contributed by atoms with Gasteiger partial charge in [0.2, 0.25) is 0 Å². The molecule has 4 aromatic heterocycles. The highest BCUT2D eigenvalue weighted by atomic mass is 16.3. The van der Waals surface area contributed by atoms with Gasteiger partial charge in [-0.15, -0.1) is 0 Å². The lowest BCUT2D eigenvalue weighted by atomic mass is 9.82. The number of para-hydroxylation sites is 1. The zero-order valence-electron chi connectivity index (χ0n) is 29.1. The molecular formula is C47H31N5O. The molecule has 0 unspecified atom stereocenters. The van der Waals surface area contributed by atoms with Crippen molar-refractivity contribution in [3.05, 3.63) is 163 Å². The van der Waals surface area contributed by atoms with Gasteiger partial charge in [-0.1, -0.05) is 105 Å². The van der Waals surface area contributed by atoms with Crippen LogP contribution in [0.2, 0.25) is 0 Å². The topological polar surface area (TPSA) is 69.6 Å². The van der Waals surface area contributed by atoms with E-state index in [0.717, 1.165) is 60.9 Å². The first-order valence-corrected chi connectivity index (χ1v) is 17.9.